The third-order valence-corrected chi connectivity index (χ3v) is 5.54. The van der Waals surface area contributed by atoms with E-state index in [2.05, 4.69) is 17.0 Å². The first-order valence-electron chi connectivity index (χ1n) is 8.92. The zero-order valence-corrected chi connectivity index (χ0v) is 17.3. The summed E-state index contributed by atoms with van der Waals surface area (Å²) >= 11 is 1.96. The fraction of sp³-hybridized carbons (Fsp3) is 0.286. The lowest BCUT2D eigenvalue weighted by Crippen LogP contribution is -2.43. The van der Waals surface area contributed by atoms with Gasteiger partial charge in [0.2, 0.25) is 0 Å². The number of carbonyl (C=O) groups excluding carboxylic acids is 1. The van der Waals surface area contributed by atoms with Gasteiger partial charge in [-0.15, -0.1) is 0 Å². The third-order valence-electron chi connectivity index (χ3n) is 4.63. The van der Waals surface area contributed by atoms with Crippen molar-refractivity contribution >= 4 is 34.2 Å². The quantitative estimate of drug-likeness (QED) is 0.426. The van der Waals surface area contributed by atoms with Crippen molar-refractivity contribution in [2.75, 3.05) is 24.5 Å². The Morgan fingerprint density at radius 3 is 2.36 bits per heavy atom. The number of hydrogen-bond acceptors (Lipinski definition) is 2. The average molecular weight is 500 g/mol. The van der Waals surface area contributed by atoms with Crippen LogP contribution in [0.5, 0.6) is 0 Å². The fourth-order valence-electron chi connectivity index (χ4n) is 3.18. The molecule has 0 fully saturated rings. The fourth-order valence-corrected chi connectivity index (χ4v) is 3.85. The topological polar surface area (TPSA) is 23.6 Å². The van der Waals surface area contributed by atoms with E-state index in [9.17, 15) is 18.0 Å². The van der Waals surface area contributed by atoms with Gasteiger partial charge < -0.3 is 0 Å². The largest absolute Gasteiger partial charge is 0.471 e. The van der Waals surface area contributed by atoms with E-state index in [-0.39, 0.29) is 12.2 Å². The third kappa shape index (κ3) is 5.35. The van der Waals surface area contributed by atoms with Gasteiger partial charge in [0, 0.05) is 29.7 Å². The highest BCUT2D eigenvalue weighted by Gasteiger charge is 2.43. The molecule has 2 aromatic rings. The van der Waals surface area contributed by atoms with Gasteiger partial charge >= 0.3 is 12.1 Å². The molecular formula is C21H20F3IN2O. The summed E-state index contributed by atoms with van der Waals surface area (Å²) in [4.78, 5) is 15.1. The van der Waals surface area contributed by atoms with Gasteiger partial charge in [-0.2, -0.15) is 13.2 Å². The second kappa shape index (κ2) is 9.09. The smallest absolute Gasteiger partial charge is 0.299 e. The van der Waals surface area contributed by atoms with Crippen molar-refractivity contribution < 1.29 is 18.0 Å². The van der Waals surface area contributed by atoms with E-state index in [4.69, 9.17) is 0 Å². The number of benzene rings is 2. The Morgan fingerprint density at radius 2 is 1.75 bits per heavy atom. The Kier molecular flexibility index (Phi) is 6.77. The van der Waals surface area contributed by atoms with Gasteiger partial charge in [0.1, 0.15) is 0 Å². The highest BCUT2D eigenvalue weighted by atomic mass is 127. The summed E-state index contributed by atoms with van der Waals surface area (Å²) in [6.07, 6.45) is -2.33. The number of halogens is 4. The molecule has 3 rings (SSSR count). The van der Waals surface area contributed by atoms with Gasteiger partial charge in [-0.25, -0.2) is 0 Å². The van der Waals surface area contributed by atoms with Gasteiger partial charge in [0.25, 0.3) is 0 Å². The summed E-state index contributed by atoms with van der Waals surface area (Å²) in [7, 11) is 0. The molecule has 1 aliphatic rings. The molecule has 0 spiro atoms. The summed E-state index contributed by atoms with van der Waals surface area (Å²) in [6, 6.07) is 16.7. The van der Waals surface area contributed by atoms with Gasteiger partial charge in [0.05, 0.1) is 5.69 Å². The van der Waals surface area contributed by atoms with E-state index in [0.29, 0.717) is 16.5 Å². The van der Waals surface area contributed by atoms with Crippen LogP contribution in [0.15, 0.2) is 66.2 Å². The molecule has 1 aliphatic heterocycles. The maximum absolute atomic E-state index is 13.2. The SMILES string of the molecule is O=C(N(CC1=CCN(Cc2ccccc2)CC1)c1ccccc1I)C(F)(F)F. The first kappa shape index (κ1) is 20.9. The minimum absolute atomic E-state index is 0.0441. The second-order valence-corrected chi connectivity index (χ2v) is 7.84. The lowest BCUT2D eigenvalue weighted by atomic mass is 10.1. The van der Waals surface area contributed by atoms with Crippen LogP contribution < -0.4 is 4.90 Å². The first-order valence-corrected chi connectivity index (χ1v) is 10.00. The Morgan fingerprint density at radius 1 is 1.07 bits per heavy atom. The van der Waals surface area contributed by atoms with Crippen molar-refractivity contribution in [3.05, 3.63) is 75.4 Å². The molecule has 0 unspecified atom stereocenters. The molecule has 1 heterocycles. The lowest BCUT2D eigenvalue weighted by molar-refractivity contribution is -0.170. The summed E-state index contributed by atoms with van der Waals surface area (Å²) < 4.78 is 40.1. The molecule has 0 aromatic heterocycles. The van der Waals surface area contributed by atoms with E-state index < -0.39 is 12.1 Å². The number of anilines is 1. The lowest BCUT2D eigenvalue weighted by Gasteiger charge is -2.30. The number of nitrogens with zero attached hydrogens (tertiary/aromatic N) is 2. The van der Waals surface area contributed by atoms with E-state index in [1.165, 1.54) is 5.56 Å². The predicted octanol–water partition coefficient (Wildman–Crippen LogP) is 5.02. The van der Waals surface area contributed by atoms with E-state index in [1.54, 1.807) is 24.3 Å². The van der Waals surface area contributed by atoms with Crippen LogP contribution in [0.2, 0.25) is 0 Å². The van der Waals surface area contributed by atoms with Crippen LogP contribution in [0.3, 0.4) is 0 Å². The van der Waals surface area contributed by atoms with Crippen molar-refractivity contribution in [1.29, 1.82) is 0 Å². The van der Waals surface area contributed by atoms with E-state index >= 15 is 0 Å². The highest BCUT2D eigenvalue weighted by molar-refractivity contribution is 14.1. The molecule has 3 nitrogen and oxygen atoms in total. The minimum Gasteiger partial charge on any atom is -0.299 e. The van der Waals surface area contributed by atoms with Gasteiger partial charge in [0.15, 0.2) is 0 Å². The molecule has 148 valence electrons. The van der Waals surface area contributed by atoms with Crippen molar-refractivity contribution in [2.45, 2.75) is 19.1 Å². The maximum Gasteiger partial charge on any atom is 0.471 e. The van der Waals surface area contributed by atoms with E-state index in [1.807, 2.05) is 46.9 Å². The van der Waals surface area contributed by atoms with Crippen molar-refractivity contribution in [3.63, 3.8) is 0 Å². The molecule has 0 atom stereocenters. The Labute approximate surface area is 176 Å². The van der Waals surface area contributed by atoms with Gasteiger partial charge in [-0.05, 0) is 46.7 Å². The first-order chi connectivity index (χ1) is 13.3. The zero-order valence-electron chi connectivity index (χ0n) is 15.1. The predicted molar refractivity (Wildman–Crippen MR) is 112 cm³/mol. The molecule has 0 aliphatic carbocycles. The van der Waals surface area contributed by atoms with Gasteiger partial charge in [-0.1, -0.05) is 54.1 Å². The van der Waals surface area contributed by atoms with E-state index in [0.717, 1.165) is 23.6 Å². The average Bonchev–Trinajstić information content (AvgIpc) is 2.68. The number of amides is 1. The molecule has 28 heavy (non-hydrogen) atoms. The number of para-hydroxylation sites is 1. The molecule has 0 radical (unpaired) electrons. The Bertz CT molecular complexity index is 852. The number of hydrogen-bond donors (Lipinski definition) is 0. The molecule has 0 bridgehead atoms. The second-order valence-electron chi connectivity index (χ2n) is 6.67. The van der Waals surface area contributed by atoms with Crippen molar-refractivity contribution in [1.82, 2.24) is 4.90 Å². The van der Waals surface area contributed by atoms with Crippen molar-refractivity contribution in [3.8, 4) is 0 Å². The summed E-state index contributed by atoms with van der Waals surface area (Å²) in [6.45, 7) is 2.16. The van der Waals surface area contributed by atoms with Gasteiger partial charge in [-0.3, -0.25) is 14.6 Å². The minimum atomic E-state index is -4.91. The normalized spacial score (nSPS) is 15.2. The molecule has 2 aromatic carbocycles. The standard InChI is InChI=1S/C21H20F3IN2O/c22-21(23,24)20(28)27(19-9-5-4-8-18(19)25)15-17-10-12-26(13-11-17)14-16-6-2-1-3-7-16/h1-10H,11-15H2. The molecule has 1 amide bonds. The highest BCUT2D eigenvalue weighted by Crippen LogP contribution is 2.29. The Hall–Kier alpha value is -1.87. The number of carbonyl (C=O) groups is 1. The number of rotatable bonds is 5. The molecule has 0 saturated heterocycles. The Balaban J connectivity index is 1.73. The van der Waals surface area contributed by atoms with Crippen LogP contribution in [0, 0.1) is 3.57 Å². The summed E-state index contributed by atoms with van der Waals surface area (Å²) in [5.41, 5.74) is 2.34. The number of alkyl halides is 3. The van der Waals surface area contributed by atoms with Crippen LogP contribution in [0.4, 0.5) is 18.9 Å². The molecule has 7 heteroatoms. The van der Waals surface area contributed by atoms with Crippen LogP contribution in [0.1, 0.15) is 12.0 Å². The maximum atomic E-state index is 13.2. The summed E-state index contributed by atoms with van der Waals surface area (Å²) in [5.74, 6) is -1.83. The summed E-state index contributed by atoms with van der Waals surface area (Å²) in [5, 5.41) is 0. The van der Waals surface area contributed by atoms with Crippen molar-refractivity contribution in [2.24, 2.45) is 0 Å². The molecular weight excluding hydrogens is 480 g/mol. The zero-order chi connectivity index (χ0) is 20.1. The van der Waals surface area contributed by atoms with Crippen LogP contribution >= 0.6 is 22.6 Å². The van der Waals surface area contributed by atoms with Crippen LogP contribution in [0.25, 0.3) is 0 Å². The van der Waals surface area contributed by atoms with Crippen LogP contribution in [-0.4, -0.2) is 36.6 Å². The van der Waals surface area contributed by atoms with Crippen LogP contribution in [-0.2, 0) is 11.3 Å². The monoisotopic (exact) mass is 500 g/mol. The molecule has 0 saturated carbocycles. The molecule has 0 N–H and O–H groups in total.